The lowest BCUT2D eigenvalue weighted by atomic mass is 9.90. The van der Waals surface area contributed by atoms with E-state index < -0.39 is 6.04 Å². The fourth-order valence-electron chi connectivity index (χ4n) is 6.38. The van der Waals surface area contributed by atoms with Crippen molar-refractivity contribution in [2.24, 2.45) is 0 Å². The molecule has 0 amide bonds. The Morgan fingerprint density at radius 1 is 0.773 bits per heavy atom. The maximum absolute atomic E-state index is 14.0. The van der Waals surface area contributed by atoms with Gasteiger partial charge in [0, 0.05) is 35.8 Å². The van der Waals surface area contributed by atoms with Gasteiger partial charge in [-0.25, -0.2) is 4.79 Å². The number of allylic oxidation sites excluding steroid dienone is 2. The lowest BCUT2D eigenvalue weighted by molar-refractivity contribution is -0.224. The number of hydroxylamine groups is 2. The Hall–Kier alpha value is -3.90. The third kappa shape index (κ3) is 9.30. The highest BCUT2D eigenvalue weighted by Crippen LogP contribution is 2.31. The van der Waals surface area contributed by atoms with Crippen LogP contribution in [0.4, 0.5) is 0 Å². The van der Waals surface area contributed by atoms with Crippen molar-refractivity contribution in [1.82, 2.24) is 10.4 Å². The molecule has 0 unspecified atom stereocenters. The minimum absolute atomic E-state index is 0.103. The summed E-state index contributed by atoms with van der Waals surface area (Å²) in [6.45, 7) is 2.33. The fraction of sp³-hybridized carbons (Fsp3) is 0.421. The molecule has 0 saturated heterocycles. The third-order valence-corrected chi connectivity index (χ3v) is 8.77. The lowest BCUT2D eigenvalue weighted by Gasteiger charge is -2.40. The molecule has 1 atom stereocenters. The molecule has 0 aliphatic heterocycles. The monoisotopic (exact) mass is 594 g/mol. The Morgan fingerprint density at radius 2 is 1.34 bits per heavy atom. The van der Waals surface area contributed by atoms with Crippen LogP contribution in [0.2, 0.25) is 0 Å². The topological polar surface area (TPSA) is 67.9 Å². The fourth-order valence-corrected chi connectivity index (χ4v) is 6.38. The molecule has 0 radical (unpaired) electrons. The van der Waals surface area contributed by atoms with Crippen LogP contribution in [0.3, 0.4) is 0 Å². The third-order valence-electron chi connectivity index (χ3n) is 8.77. The summed E-state index contributed by atoms with van der Waals surface area (Å²) >= 11 is 0. The molecule has 0 heterocycles. The summed E-state index contributed by atoms with van der Waals surface area (Å²) in [5.41, 5.74) is 3.33. The second-order valence-corrected chi connectivity index (χ2v) is 12.2. The minimum Gasteiger partial charge on any atom is -0.489 e. The Morgan fingerprint density at radius 3 is 1.93 bits per heavy atom. The van der Waals surface area contributed by atoms with E-state index in [0.29, 0.717) is 24.3 Å². The molecular weight excluding hydrogens is 548 g/mol. The van der Waals surface area contributed by atoms with Gasteiger partial charge in [0.2, 0.25) is 0 Å². The molecule has 1 N–H and O–H groups in total. The van der Waals surface area contributed by atoms with Gasteiger partial charge in [-0.15, -0.1) is 5.06 Å². The van der Waals surface area contributed by atoms with Crippen molar-refractivity contribution in [3.63, 3.8) is 0 Å². The van der Waals surface area contributed by atoms with E-state index in [1.54, 1.807) is 18.2 Å². The van der Waals surface area contributed by atoms with Gasteiger partial charge in [0.05, 0.1) is 0 Å². The molecule has 2 aliphatic rings. The highest BCUT2D eigenvalue weighted by Gasteiger charge is 2.34. The molecule has 2 fully saturated rings. The number of rotatable bonds is 13. The van der Waals surface area contributed by atoms with Gasteiger partial charge in [-0.2, -0.15) is 0 Å². The first-order chi connectivity index (χ1) is 21.5. The average molecular weight is 595 g/mol. The first-order valence-corrected chi connectivity index (χ1v) is 16.3. The van der Waals surface area contributed by atoms with Crippen LogP contribution in [0.25, 0.3) is 0 Å². The van der Waals surface area contributed by atoms with E-state index >= 15 is 0 Å². The first kappa shape index (κ1) is 31.5. The summed E-state index contributed by atoms with van der Waals surface area (Å²) in [6.07, 6.45) is 13.5. The maximum Gasteiger partial charge on any atom is 0.347 e. The number of benzene rings is 3. The number of hydrogen-bond donors (Lipinski definition) is 1. The van der Waals surface area contributed by atoms with Crippen molar-refractivity contribution in [3.05, 3.63) is 113 Å². The van der Waals surface area contributed by atoms with Gasteiger partial charge in [-0.3, -0.25) is 4.79 Å². The highest BCUT2D eigenvalue weighted by molar-refractivity contribution is 6.04. The SMILES string of the molecule is CC(=CC(=O)c1ccccc1)N[C@@H](Cc1ccc(OCc2ccccc2)cc1)C(=O)ON(C1CCCCC1)C1CCCCC1. The van der Waals surface area contributed by atoms with Crippen molar-refractivity contribution in [2.75, 3.05) is 0 Å². The smallest absolute Gasteiger partial charge is 0.347 e. The molecule has 2 aliphatic carbocycles. The Kier molecular flexibility index (Phi) is 11.6. The van der Waals surface area contributed by atoms with Gasteiger partial charge in [0.15, 0.2) is 5.78 Å². The minimum atomic E-state index is -0.652. The molecule has 0 spiro atoms. The van der Waals surface area contributed by atoms with E-state index in [-0.39, 0.29) is 23.8 Å². The van der Waals surface area contributed by atoms with E-state index in [1.165, 1.54) is 38.5 Å². The number of ketones is 1. The summed E-state index contributed by atoms with van der Waals surface area (Å²) < 4.78 is 5.98. The van der Waals surface area contributed by atoms with Crippen LogP contribution in [0.5, 0.6) is 5.75 Å². The van der Waals surface area contributed by atoms with Gasteiger partial charge >= 0.3 is 5.97 Å². The molecule has 3 aromatic rings. The zero-order valence-corrected chi connectivity index (χ0v) is 26.0. The quantitative estimate of drug-likeness (QED) is 0.123. The Labute approximate surface area is 262 Å². The largest absolute Gasteiger partial charge is 0.489 e. The number of carbonyl (C=O) groups is 2. The number of hydrogen-bond acceptors (Lipinski definition) is 6. The van der Waals surface area contributed by atoms with Crippen LogP contribution in [-0.2, 0) is 22.7 Å². The molecule has 44 heavy (non-hydrogen) atoms. The summed E-state index contributed by atoms with van der Waals surface area (Å²) in [7, 11) is 0. The van der Waals surface area contributed by atoms with Gasteiger partial charge in [0.1, 0.15) is 18.4 Å². The maximum atomic E-state index is 14.0. The Bertz CT molecular complexity index is 1330. The summed E-state index contributed by atoms with van der Waals surface area (Å²) in [6, 6.07) is 27.0. The van der Waals surface area contributed by atoms with Gasteiger partial charge in [0.25, 0.3) is 0 Å². The van der Waals surface area contributed by atoms with Crippen LogP contribution in [-0.4, -0.2) is 34.9 Å². The van der Waals surface area contributed by atoms with E-state index in [2.05, 4.69) is 10.4 Å². The van der Waals surface area contributed by atoms with Crippen LogP contribution in [0.1, 0.15) is 92.6 Å². The van der Waals surface area contributed by atoms with Crippen molar-refractivity contribution in [2.45, 2.75) is 102 Å². The second-order valence-electron chi connectivity index (χ2n) is 12.2. The van der Waals surface area contributed by atoms with E-state index in [0.717, 1.165) is 42.6 Å². The lowest BCUT2D eigenvalue weighted by Crippen LogP contribution is -2.50. The van der Waals surface area contributed by atoms with Crippen LogP contribution in [0.15, 0.2) is 96.7 Å². The van der Waals surface area contributed by atoms with Crippen LogP contribution >= 0.6 is 0 Å². The molecule has 0 aromatic heterocycles. The van der Waals surface area contributed by atoms with Crippen LogP contribution in [0, 0.1) is 0 Å². The van der Waals surface area contributed by atoms with Gasteiger partial charge in [-0.1, -0.05) is 111 Å². The molecule has 2 saturated carbocycles. The predicted octanol–water partition coefficient (Wildman–Crippen LogP) is 7.98. The molecular formula is C38H46N2O4. The summed E-state index contributed by atoms with van der Waals surface area (Å²) in [4.78, 5) is 33.3. The van der Waals surface area contributed by atoms with Gasteiger partial charge in [-0.05, 0) is 55.9 Å². The molecule has 3 aromatic carbocycles. The molecule has 232 valence electrons. The predicted molar refractivity (Wildman–Crippen MR) is 174 cm³/mol. The van der Waals surface area contributed by atoms with Gasteiger partial charge < -0.3 is 14.9 Å². The summed E-state index contributed by atoms with van der Waals surface area (Å²) in [5.74, 6) is 0.370. The van der Waals surface area contributed by atoms with Crippen molar-refractivity contribution in [3.8, 4) is 5.75 Å². The number of nitrogens with one attached hydrogen (secondary N) is 1. The van der Waals surface area contributed by atoms with E-state index in [4.69, 9.17) is 9.57 Å². The zero-order valence-electron chi connectivity index (χ0n) is 26.0. The zero-order chi connectivity index (χ0) is 30.6. The number of carbonyl (C=O) groups excluding carboxylic acids is 2. The van der Waals surface area contributed by atoms with E-state index in [1.807, 2.05) is 79.7 Å². The normalized spacial score (nSPS) is 17.2. The molecule has 5 rings (SSSR count). The highest BCUT2D eigenvalue weighted by atomic mass is 16.7. The number of nitrogens with zero attached hydrogens (tertiary/aromatic N) is 1. The van der Waals surface area contributed by atoms with Crippen molar-refractivity contribution >= 4 is 11.8 Å². The Balaban J connectivity index is 1.31. The first-order valence-electron chi connectivity index (χ1n) is 16.3. The number of ether oxygens (including phenoxy) is 1. The van der Waals surface area contributed by atoms with Crippen molar-refractivity contribution < 1.29 is 19.2 Å². The van der Waals surface area contributed by atoms with E-state index in [9.17, 15) is 9.59 Å². The summed E-state index contributed by atoms with van der Waals surface area (Å²) in [5, 5.41) is 5.42. The standard InChI is InChI=1S/C38H46N2O4/c1-29(26-37(41)32-16-8-3-9-17-32)39-36(27-30-22-24-35(25-23-30)43-28-31-14-6-2-7-15-31)38(42)44-40(33-18-10-4-11-19-33)34-20-12-5-13-21-34/h2-3,6-9,14-17,22-26,33-34,36,39H,4-5,10-13,18-21,27-28H2,1H3/t36-/m0/s1. The van der Waals surface area contributed by atoms with Crippen molar-refractivity contribution in [1.29, 1.82) is 0 Å². The second kappa shape index (κ2) is 16.2. The van der Waals surface area contributed by atoms with Crippen LogP contribution < -0.4 is 10.1 Å². The molecule has 6 heteroatoms. The molecule has 6 nitrogen and oxygen atoms in total. The molecule has 0 bridgehead atoms. The average Bonchev–Trinajstić information content (AvgIpc) is 3.08.